The van der Waals surface area contributed by atoms with Crippen molar-refractivity contribution < 1.29 is 6.85 Å². The van der Waals surface area contributed by atoms with Crippen LogP contribution in [-0.4, -0.2) is 4.57 Å². The molecule has 2 nitrogen and oxygen atoms in total. The third kappa shape index (κ3) is 5.04. The van der Waals surface area contributed by atoms with Gasteiger partial charge in [-0.2, -0.15) is 0 Å². The Morgan fingerprint density at radius 1 is 0.404 bits per heavy atom. The van der Waals surface area contributed by atoms with Crippen molar-refractivity contribution >= 4 is 60.4 Å². The van der Waals surface area contributed by atoms with Gasteiger partial charge < -0.3 is 9.47 Å². The van der Waals surface area contributed by atoms with Gasteiger partial charge in [0, 0.05) is 33.2 Å². The van der Waals surface area contributed by atoms with Gasteiger partial charge in [0.25, 0.3) is 0 Å². The summed E-state index contributed by atoms with van der Waals surface area (Å²) in [6, 6.07) is 59.7. The summed E-state index contributed by atoms with van der Waals surface area (Å²) in [5.41, 5.74) is 9.27. The number of rotatable bonds is 6. The van der Waals surface area contributed by atoms with Gasteiger partial charge in [-0.3, -0.25) is 0 Å². The zero-order chi connectivity index (χ0) is 38.8. The lowest BCUT2D eigenvalue weighted by molar-refractivity contribution is 1.19. The van der Waals surface area contributed by atoms with Gasteiger partial charge in [-0.1, -0.05) is 145 Å². The number of benzene rings is 9. The molecule has 0 saturated heterocycles. The van der Waals surface area contributed by atoms with E-state index in [0.29, 0.717) is 5.56 Å². The molecule has 244 valence electrons. The highest BCUT2D eigenvalue weighted by Crippen LogP contribution is 2.43. The van der Waals surface area contributed by atoms with Crippen LogP contribution in [0, 0.1) is 0 Å². The topological polar surface area (TPSA) is 8.17 Å². The van der Waals surface area contributed by atoms with Crippen LogP contribution in [0.4, 0.5) is 17.1 Å². The molecule has 0 aliphatic carbocycles. The number of fused-ring (bicyclic) bond motifs is 5. The van der Waals surface area contributed by atoms with E-state index < -0.39 is 6.04 Å². The highest BCUT2D eigenvalue weighted by atomic mass is 15.1. The molecule has 0 aliphatic heterocycles. The lowest BCUT2D eigenvalue weighted by Gasteiger charge is -2.27. The minimum atomic E-state index is -0.399. The number of anilines is 3. The first-order chi connectivity index (χ1) is 27.9. The molecule has 9 aromatic carbocycles. The van der Waals surface area contributed by atoms with Crippen molar-refractivity contribution in [1.29, 1.82) is 0 Å². The summed E-state index contributed by atoms with van der Waals surface area (Å²) >= 11 is 0. The highest BCUT2D eigenvalue weighted by molar-refractivity contribution is 6.12. The van der Waals surface area contributed by atoms with E-state index in [2.05, 4.69) is 143 Å². The second-order valence-electron chi connectivity index (χ2n) is 13.0. The first-order valence-electron chi connectivity index (χ1n) is 19.9. The molecular weight excluding hydrogens is 629 g/mol. The summed E-state index contributed by atoms with van der Waals surface area (Å²) in [5.74, 6) is 0. The number of aromatic nitrogens is 1. The fourth-order valence-corrected chi connectivity index (χ4v) is 7.64. The summed E-state index contributed by atoms with van der Waals surface area (Å²) in [6.45, 7) is 0. The summed E-state index contributed by atoms with van der Waals surface area (Å²) in [6.07, 6.45) is 0. The third-order valence-corrected chi connectivity index (χ3v) is 10.0. The smallest absolute Gasteiger partial charge is 0.0629 e. The normalized spacial score (nSPS) is 12.8. The van der Waals surface area contributed by atoms with Gasteiger partial charge in [-0.25, -0.2) is 0 Å². The Morgan fingerprint density at radius 3 is 1.88 bits per heavy atom. The summed E-state index contributed by atoms with van der Waals surface area (Å²) in [5, 5.41) is 7.01. The van der Waals surface area contributed by atoms with Crippen LogP contribution in [0.15, 0.2) is 206 Å². The largest absolute Gasteiger partial charge is 0.310 e. The van der Waals surface area contributed by atoms with Crippen molar-refractivity contribution in [3.63, 3.8) is 0 Å². The maximum atomic E-state index is 8.53. The Hall–Kier alpha value is -6.90. The summed E-state index contributed by atoms with van der Waals surface area (Å²) in [7, 11) is 0. The van der Waals surface area contributed by atoms with E-state index in [4.69, 9.17) is 6.85 Å². The molecule has 0 radical (unpaired) electrons. The van der Waals surface area contributed by atoms with E-state index >= 15 is 0 Å². The van der Waals surface area contributed by atoms with Crippen LogP contribution in [0.1, 0.15) is 6.85 Å². The third-order valence-electron chi connectivity index (χ3n) is 10.0. The fraction of sp³-hybridized carbons (Fsp3) is 0. The van der Waals surface area contributed by atoms with Crippen molar-refractivity contribution in [3.8, 4) is 27.9 Å². The van der Waals surface area contributed by atoms with Crippen molar-refractivity contribution in [2.24, 2.45) is 0 Å². The van der Waals surface area contributed by atoms with E-state index in [1.807, 2.05) is 42.5 Å². The zero-order valence-electron chi connectivity index (χ0n) is 33.1. The molecule has 0 aliphatic rings. The van der Waals surface area contributed by atoms with Gasteiger partial charge in [-0.05, 0) is 99.1 Å². The van der Waals surface area contributed by atoms with Crippen LogP contribution in [-0.2, 0) is 0 Å². The van der Waals surface area contributed by atoms with Crippen LogP contribution < -0.4 is 4.90 Å². The Kier molecular flexibility index (Phi) is 6.01. The molecule has 0 unspecified atom stereocenters. The van der Waals surface area contributed by atoms with Crippen molar-refractivity contribution in [1.82, 2.24) is 4.57 Å². The van der Waals surface area contributed by atoms with E-state index in [-0.39, 0.29) is 29.7 Å². The average Bonchev–Trinajstić information content (AvgIpc) is 3.59. The SMILES string of the molecule is [2H]c1c([2H])c([2H])c(-c2ccc(N(c3ccccc3)c3ccc(-c4ccc5c(c4)c4ccccc4n5-c4ccc5ccccc5c4)c4ccccc34)cc2)c([2H])c1[2H]. The van der Waals surface area contributed by atoms with Crippen LogP contribution >= 0.6 is 0 Å². The van der Waals surface area contributed by atoms with Gasteiger partial charge in [-0.15, -0.1) is 0 Å². The Labute approximate surface area is 310 Å². The highest BCUT2D eigenvalue weighted by Gasteiger charge is 2.19. The zero-order valence-corrected chi connectivity index (χ0v) is 28.1. The standard InChI is InChI=1S/C50H34N2/c1-3-13-35(14-4-1)37-23-27-41(28-24-37)51(40-17-5-2-6-18-40)49-32-30-43(44-19-9-10-20-45(44)49)39-26-31-50-47(34-39)46-21-11-12-22-48(46)52(50)42-29-25-36-15-7-8-16-38(36)33-42/h1-34H/i1D,3D,4D,13D,14D. The van der Waals surface area contributed by atoms with E-state index in [9.17, 15) is 0 Å². The van der Waals surface area contributed by atoms with Crippen molar-refractivity contribution in [2.45, 2.75) is 0 Å². The summed E-state index contributed by atoms with van der Waals surface area (Å²) in [4.78, 5) is 2.21. The second kappa shape index (κ2) is 12.5. The molecule has 0 saturated carbocycles. The van der Waals surface area contributed by atoms with Gasteiger partial charge >= 0.3 is 0 Å². The van der Waals surface area contributed by atoms with Crippen molar-refractivity contribution in [3.05, 3.63) is 206 Å². The molecule has 1 heterocycles. The minimum absolute atomic E-state index is 0.186. The fourth-order valence-electron chi connectivity index (χ4n) is 7.64. The Morgan fingerprint density at radius 2 is 1.06 bits per heavy atom. The first-order valence-corrected chi connectivity index (χ1v) is 17.4. The van der Waals surface area contributed by atoms with E-state index in [0.717, 1.165) is 55.7 Å². The molecular formula is C50H34N2. The van der Waals surface area contributed by atoms with Gasteiger partial charge in [0.05, 0.1) is 23.6 Å². The summed E-state index contributed by atoms with van der Waals surface area (Å²) < 4.78 is 43.8. The monoisotopic (exact) mass is 667 g/mol. The molecule has 0 bridgehead atoms. The molecule has 0 atom stereocenters. The van der Waals surface area contributed by atoms with E-state index in [1.54, 1.807) is 0 Å². The van der Waals surface area contributed by atoms with Crippen LogP contribution in [0.2, 0.25) is 0 Å². The maximum absolute atomic E-state index is 8.53. The van der Waals surface area contributed by atoms with Crippen molar-refractivity contribution in [2.75, 3.05) is 4.90 Å². The number of para-hydroxylation sites is 2. The first kappa shape index (κ1) is 25.1. The predicted octanol–water partition coefficient (Wildman–Crippen LogP) is 13.9. The maximum Gasteiger partial charge on any atom is 0.0629 e. The number of nitrogens with zero attached hydrogens (tertiary/aromatic N) is 2. The molecule has 0 N–H and O–H groups in total. The lowest BCUT2D eigenvalue weighted by atomic mass is 9.95. The van der Waals surface area contributed by atoms with Crippen LogP contribution in [0.5, 0.6) is 0 Å². The molecule has 0 spiro atoms. The van der Waals surface area contributed by atoms with Gasteiger partial charge in [0.2, 0.25) is 0 Å². The molecule has 0 fully saturated rings. The number of hydrogen-bond acceptors (Lipinski definition) is 1. The Balaban J connectivity index is 1.11. The predicted molar refractivity (Wildman–Crippen MR) is 221 cm³/mol. The molecule has 2 heteroatoms. The minimum Gasteiger partial charge on any atom is -0.310 e. The van der Waals surface area contributed by atoms with Gasteiger partial charge in [0.1, 0.15) is 0 Å². The quantitative estimate of drug-likeness (QED) is 0.171. The molecule has 10 rings (SSSR count). The molecule has 10 aromatic rings. The molecule has 0 amide bonds. The lowest BCUT2D eigenvalue weighted by Crippen LogP contribution is -2.10. The average molecular weight is 668 g/mol. The van der Waals surface area contributed by atoms with E-state index in [1.165, 1.54) is 21.5 Å². The Bertz CT molecular complexity index is 3160. The van der Waals surface area contributed by atoms with Crippen LogP contribution in [0.3, 0.4) is 0 Å². The second-order valence-corrected chi connectivity index (χ2v) is 13.0. The van der Waals surface area contributed by atoms with Crippen LogP contribution in [0.25, 0.3) is 71.3 Å². The van der Waals surface area contributed by atoms with Gasteiger partial charge in [0.15, 0.2) is 0 Å². The molecule has 1 aromatic heterocycles. The number of hydrogen-bond donors (Lipinski definition) is 0. The molecule has 52 heavy (non-hydrogen) atoms.